The van der Waals surface area contributed by atoms with Crippen molar-refractivity contribution in [3.8, 4) is 11.5 Å². The lowest BCUT2D eigenvalue weighted by atomic mass is 10.1. The molecule has 0 fully saturated rings. The van der Waals surface area contributed by atoms with Gasteiger partial charge in [0, 0.05) is 6.54 Å². The standard InChI is InChI=1S/C23H28N2O7S/c1-30-17-7-5-6-16(12-17)14-24-23(27)13-18-10-11-19(21(15-26)32-18)25-33(28,29)22-9-4-3-8-20(22)31-2/h3-12,18-19,21,25-26H,13-15H2,1-2H3,(H,24,27)/t18-,19-,21+/m0/s1. The van der Waals surface area contributed by atoms with E-state index in [4.69, 9.17) is 14.2 Å². The van der Waals surface area contributed by atoms with Gasteiger partial charge in [-0.25, -0.2) is 13.1 Å². The van der Waals surface area contributed by atoms with Crippen LogP contribution < -0.4 is 19.5 Å². The Morgan fingerprint density at radius 1 is 1.09 bits per heavy atom. The third-order valence-electron chi connectivity index (χ3n) is 5.12. The SMILES string of the molecule is COc1cccc(CNC(=O)C[C@@H]2C=C[C@H](NS(=O)(=O)c3ccccc3OC)[C@@H](CO)O2)c1. The molecule has 0 aliphatic carbocycles. The molecule has 2 aromatic carbocycles. The van der Waals surface area contributed by atoms with Gasteiger partial charge in [0.1, 0.15) is 22.5 Å². The maximum Gasteiger partial charge on any atom is 0.244 e. The number of amides is 1. The molecule has 0 unspecified atom stereocenters. The van der Waals surface area contributed by atoms with Crippen molar-refractivity contribution < 1.29 is 32.5 Å². The highest BCUT2D eigenvalue weighted by molar-refractivity contribution is 7.89. The van der Waals surface area contributed by atoms with Gasteiger partial charge in [0.25, 0.3) is 0 Å². The molecule has 0 saturated carbocycles. The Hall–Kier alpha value is -2.92. The van der Waals surface area contributed by atoms with Crippen molar-refractivity contribution in [3.05, 3.63) is 66.2 Å². The lowest BCUT2D eigenvalue weighted by molar-refractivity contribution is -0.125. The molecule has 1 heterocycles. The van der Waals surface area contributed by atoms with Crippen LogP contribution in [0, 0.1) is 0 Å². The Labute approximate surface area is 193 Å². The quantitative estimate of drug-likeness (QED) is 0.443. The van der Waals surface area contributed by atoms with Crippen molar-refractivity contribution >= 4 is 15.9 Å². The Morgan fingerprint density at radius 3 is 2.61 bits per heavy atom. The van der Waals surface area contributed by atoms with Crippen LogP contribution in [0.5, 0.6) is 11.5 Å². The first kappa shape index (κ1) is 24.7. The number of aliphatic hydroxyl groups is 1. The number of sulfonamides is 1. The van der Waals surface area contributed by atoms with Gasteiger partial charge in [0.2, 0.25) is 15.9 Å². The molecule has 0 aromatic heterocycles. The monoisotopic (exact) mass is 476 g/mol. The van der Waals surface area contributed by atoms with Gasteiger partial charge in [-0.05, 0) is 29.8 Å². The summed E-state index contributed by atoms with van der Waals surface area (Å²) in [5.41, 5.74) is 0.891. The molecule has 1 amide bonds. The summed E-state index contributed by atoms with van der Waals surface area (Å²) in [6.07, 6.45) is 1.79. The highest BCUT2D eigenvalue weighted by Crippen LogP contribution is 2.24. The second-order valence-corrected chi connectivity index (χ2v) is 9.09. The molecule has 1 aliphatic heterocycles. The maximum absolute atomic E-state index is 12.8. The smallest absolute Gasteiger partial charge is 0.244 e. The van der Waals surface area contributed by atoms with Crippen LogP contribution in [0.2, 0.25) is 0 Å². The highest BCUT2D eigenvalue weighted by Gasteiger charge is 2.32. The Kier molecular flexibility index (Phi) is 8.45. The van der Waals surface area contributed by atoms with E-state index in [0.717, 1.165) is 5.56 Å². The number of aliphatic hydroxyl groups excluding tert-OH is 1. The Bertz CT molecular complexity index is 1090. The van der Waals surface area contributed by atoms with E-state index in [2.05, 4.69) is 10.0 Å². The van der Waals surface area contributed by atoms with Crippen molar-refractivity contribution in [1.82, 2.24) is 10.0 Å². The minimum absolute atomic E-state index is 0.0170. The fourth-order valence-corrected chi connectivity index (χ4v) is 4.82. The molecule has 1 aliphatic rings. The number of benzene rings is 2. The number of nitrogens with one attached hydrogen (secondary N) is 2. The first-order chi connectivity index (χ1) is 15.9. The first-order valence-corrected chi connectivity index (χ1v) is 11.8. The Balaban J connectivity index is 1.60. The summed E-state index contributed by atoms with van der Waals surface area (Å²) in [4.78, 5) is 12.3. The van der Waals surface area contributed by atoms with Crippen molar-refractivity contribution in [2.75, 3.05) is 20.8 Å². The van der Waals surface area contributed by atoms with Crippen LogP contribution in [0.15, 0.2) is 65.6 Å². The molecular formula is C23H28N2O7S. The molecule has 3 atom stereocenters. The molecule has 33 heavy (non-hydrogen) atoms. The molecule has 0 bridgehead atoms. The number of carbonyl (C=O) groups is 1. The average molecular weight is 477 g/mol. The molecule has 10 heteroatoms. The zero-order chi connectivity index (χ0) is 23.8. The molecule has 178 valence electrons. The van der Waals surface area contributed by atoms with E-state index >= 15 is 0 Å². The summed E-state index contributed by atoms with van der Waals surface area (Å²) in [6.45, 7) is -0.0946. The highest BCUT2D eigenvalue weighted by atomic mass is 32.2. The number of carbonyl (C=O) groups excluding carboxylic acids is 1. The topological polar surface area (TPSA) is 123 Å². The third-order valence-corrected chi connectivity index (χ3v) is 6.62. The molecule has 0 saturated heterocycles. The average Bonchev–Trinajstić information content (AvgIpc) is 2.83. The van der Waals surface area contributed by atoms with E-state index < -0.39 is 34.9 Å². The zero-order valence-electron chi connectivity index (χ0n) is 18.4. The predicted octanol–water partition coefficient (Wildman–Crippen LogP) is 1.37. The third kappa shape index (κ3) is 6.55. The lowest BCUT2D eigenvalue weighted by Gasteiger charge is -2.31. The van der Waals surface area contributed by atoms with Gasteiger partial charge in [-0.3, -0.25) is 4.79 Å². The van der Waals surface area contributed by atoms with Crippen molar-refractivity contribution in [1.29, 1.82) is 0 Å². The van der Waals surface area contributed by atoms with Gasteiger partial charge in [-0.2, -0.15) is 0 Å². The van der Waals surface area contributed by atoms with Crippen LogP contribution in [0.25, 0.3) is 0 Å². The minimum atomic E-state index is -3.94. The molecule has 0 radical (unpaired) electrons. The second kappa shape index (κ2) is 11.3. The van der Waals surface area contributed by atoms with E-state index in [1.165, 1.54) is 13.2 Å². The number of hydrogen-bond acceptors (Lipinski definition) is 7. The van der Waals surface area contributed by atoms with Gasteiger partial charge < -0.3 is 24.6 Å². The fourth-order valence-electron chi connectivity index (χ4n) is 3.43. The van der Waals surface area contributed by atoms with Crippen molar-refractivity contribution in [2.45, 2.75) is 36.1 Å². The predicted molar refractivity (Wildman–Crippen MR) is 121 cm³/mol. The van der Waals surface area contributed by atoms with E-state index in [9.17, 15) is 18.3 Å². The largest absolute Gasteiger partial charge is 0.497 e. The summed E-state index contributed by atoms with van der Waals surface area (Å²) < 4.78 is 44.3. The van der Waals surface area contributed by atoms with Crippen LogP contribution in [-0.2, 0) is 26.1 Å². The second-order valence-electron chi connectivity index (χ2n) is 7.41. The van der Waals surface area contributed by atoms with Crippen LogP contribution in [0.4, 0.5) is 0 Å². The molecule has 9 nitrogen and oxygen atoms in total. The number of hydrogen-bond donors (Lipinski definition) is 3. The molecule has 3 rings (SSSR count). The van der Waals surface area contributed by atoms with Crippen molar-refractivity contribution in [3.63, 3.8) is 0 Å². The summed E-state index contributed by atoms with van der Waals surface area (Å²) in [6, 6.07) is 12.8. The summed E-state index contributed by atoms with van der Waals surface area (Å²) in [5, 5.41) is 12.6. The number of methoxy groups -OCH3 is 2. The summed E-state index contributed by atoms with van der Waals surface area (Å²) >= 11 is 0. The van der Waals surface area contributed by atoms with Gasteiger partial charge in [0.05, 0.1) is 39.4 Å². The van der Waals surface area contributed by atoms with E-state index in [1.54, 1.807) is 37.5 Å². The molecule has 2 aromatic rings. The number of rotatable bonds is 10. The molecular weight excluding hydrogens is 448 g/mol. The first-order valence-electron chi connectivity index (χ1n) is 10.4. The lowest BCUT2D eigenvalue weighted by Crippen LogP contribution is -2.49. The Morgan fingerprint density at radius 2 is 1.88 bits per heavy atom. The van der Waals surface area contributed by atoms with Crippen LogP contribution in [0.3, 0.4) is 0 Å². The van der Waals surface area contributed by atoms with Crippen molar-refractivity contribution in [2.24, 2.45) is 0 Å². The number of para-hydroxylation sites is 1. The van der Waals surface area contributed by atoms with Crippen LogP contribution in [-0.4, -0.2) is 58.5 Å². The van der Waals surface area contributed by atoms with Gasteiger partial charge in [-0.15, -0.1) is 0 Å². The van der Waals surface area contributed by atoms with Gasteiger partial charge >= 0.3 is 0 Å². The van der Waals surface area contributed by atoms with Crippen LogP contribution in [0.1, 0.15) is 12.0 Å². The maximum atomic E-state index is 12.8. The molecule has 3 N–H and O–H groups in total. The van der Waals surface area contributed by atoms with Gasteiger partial charge in [-0.1, -0.05) is 36.4 Å². The van der Waals surface area contributed by atoms with E-state index in [1.807, 2.05) is 24.3 Å². The van der Waals surface area contributed by atoms with E-state index in [0.29, 0.717) is 12.3 Å². The minimum Gasteiger partial charge on any atom is -0.497 e. The molecule has 0 spiro atoms. The van der Waals surface area contributed by atoms with Gasteiger partial charge in [0.15, 0.2) is 0 Å². The number of ether oxygens (including phenoxy) is 3. The normalized spacial score (nSPS) is 20.3. The van der Waals surface area contributed by atoms with E-state index in [-0.39, 0.29) is 23.0 Å². The zero-order valence-corrected chi connectivity index (χ0v) is 19.2. The summed E-state index contributed by atoms with van der Waals surface area (Å²) in [5.74, 6) is 0.668. The summed E-state index contributed by atoms with van der Waals surface area (Å²) in [7, 11) is -0.976. The fraction of sp³-hybridized carbons (Fsp3) is 0.348. The van der Waals surface area contributed by atoms with Crippen LogP contribution >= 0.6 is 0 Å².